The van der Waals surface area contributed by atoms with E-state index in [9.17, 15) is 0 Å². The van der Waals surface area contributed by atoms with Gasteiger partial charge in [-0.25, -0.2) is 4.98 Å². The number of nitrogens with zero attached hydrogens (tertiary/aromatic N) is 3. The van der Waals surface area contributed by atoms with Gasteiger partial charge in [0, 0.05) is 43.7 Å². The number of halogens is 1. The first-order valence-electron chi connectivity index (χ1n) is 10.4. The van der Waals surface area contributed by atoms with Gasteiger partial charge in [-0.3, -0.25) is 9.89 Å². The maximum atomic E-state index is 5.92. The van der Waals surface area contributed by atoms with Gasteiger partial charge in [-0.2, -0.15) is 0 Å². The second kappa shape index (κ2) is 12.6. The fraction of sp³-hybridized carbons (Fsp3) is 0.545. The number of aryl methyl sites for hydroxylation is 1. The minimum absolute atomic E-state index is 0. The van der Waals surface area contributed by atoms with Crippen molar-refractivity contribution in [2.45, 2.75) is 33.4 Å². The van der Waals surface area contributed by atoms with Crippen LogP contribution in [0.25, 0.3) is 10.6 Å². The molecular formula is C22H34IN5OS. The van der Waals surface area contributed by atoms with Crippen molar-refractivity contribution in [3.63, 3.8) is 0 Å². The average molecular weight is 544 g/mol. The number of morpholine rings is 1. The summed E-state index contributed by atoms with van der Waals surface area (Å²) >= 11 is 1.73. The lowest BCUT2D eigenvalue weighted by Gasteiger charge is -2.34. The molecule has 1 aromatic heterocycles. The van der Waals surface area contributed by atoms with Crippen molar-refractivity contribution in [1.82, 2.24) is 20.5 Å². The largest absolute Gasteiger partial charge is 0.374 e. The van der Waals surface area contributed by atoms with E-state index in [1.807, 2.05) is 18.2 Å². The summed E-state index contributed by atoms with van der Waals surface area (Å²) in [6.45, 7) is 12.0. The van der Waals surface area contributed by atoms with Crippen LogP contribution in [0, 0.1) is 12.8 Å². The van der Waals surface area contributed by atoms with Crippen LogP contribution in [0.1, 0.15) is 24.4 Å². The van der Waals surface area contributed by atoms with E-state index in [0.717, 1.165) is 55.0 Å². The van der Waals surface area contributed by atoms with E-state index < -0.39 is 0 Å². The van der Waals surface area contributed by atoms with Crippen molar-refractivity contribution in [3.8, 4) is 10.6 Å². The Hall–Kier alpha value is -1.23. The molecule has 30 heavy (non-hydrogen) atoms. The molecule has 1 fully saturated rings. The predicted octanol–water partition coefficient (Wildman–Crippen LogP) is 3.76. The van der Waals surface area contributed by atoms with Crippen molar-refractivity contribution in [2.75, 3.05) is 39.8 Å². The van der Waals surface area contributed by atoms with Gasteiger partial charge in [0.1, 0.15) is 5.01 Å². The Morgan fingerprint density at radius 3 is 2.77 bits per heavy atom. The standard InChI is InChI=1S/C22H33N5OS.HI/c1-16(2)14-27-10-11-28-19(15-27)12-24-22(23-4)25-13-20-17(3)26-21(29-20)18-8-6-5-7-9-18;/h5-9,16,19H,10-15H2,1-4H3,(H2,23,24,25);1H. The summed E-state index contributed by atoms with van der Waals surface area (Å²) in [6.07, 6.45) is 0.191. The molecule has 0 bridgehead atoms. The fourth-order valence-corrected chi connectivity index (χ4v) is 4.49. The number of guanidine groups is 1. The van der Waals surface area contributed by atoms with Gasteiger partial charge in [-0.05, 0) is 12.8 Å². The molecule has 166 valence electrons. The highest BCUT2D eigenvalue weighted by Crippen LogP contribution is 2.27. The molecular weight excluding hydrogens is 509 g/mol. The lowest BCUT2D eigenvalue weighted by molar-refractivity contribution is -0.0284. The van der Waals surface area contributed by atoms with Gasteiger partial charge < -0.3 is 15.4 Å². The third-order valence-electron chi connectivity index (χ3n) is 4.90. The molecule has 2 aromatic rings. The quantitative estimate of drug-likeness (QED) is 0.317. The van der Waals surface area contributed by atoms with Gasteiger partial charge in [0.05, 0.1) is 24.9 Å². The number of aliphatic imine (C=N–C) groups is 1. The fourth-order valence-electron chi connectivity index (χ4n) is 3.48. The van der Waals surface area contributed by atoms with Crippen LogP contribution in [0.15, 0.2) is 35.3 Å². The Bertz CT molecular complexity index is 796. The van der Waals surface area contributed by atoms with Gasteiger partial charge in [-0.15, -0.1) is 35.3 Å². The molecule has 0 radical (unpaired) electrons. The van der Waals surface area contributed by atoms with Gasteiger partial charge >= 0.3 is 0 Å². The molecule has 0 aliphatic carbocycles. The van der Waals surface area contributed by atoms with Crippen LogP contribution in [-0.4, -0.2) is 61.8 Å². The van der Waals surface area contributed by atoms with E-state index >= 15 is 0 Å². The van der Waals surface area contributed by atoms with Gasteiger partial charge in [0.2, 0.25) is 0 Å². The molecule has 1 atom stereocenters. The van der Waals surface area contributed by atoms with E-state index in [1.165, 1.54) is 4.88 Å². The van der Waals surface area contributed by atoms with Crippen molar-refractivity contribution in [1.29, 1.82) is 0 Å². The minimum Gasteiger partial charge on any atom is -0.374 e. The smallest absolute Gasteiger partial charge is 0.191 e. The molecule has 1 unspecified atom stereocenters. The molecule has 0 spiro atoms. The van der Waals surface area contributed by atoms with Crippen molar-refractivity contribution in [2.24, 2.45) is 10.9 Å². The second-order valence-corrected chi connectivity index (χ2v) is 8.93. The molecule has 1 aromatic carbocycles. The monoisotopic (exact) mass is 543 g/mol. The molecule has 1 aliphatic heterocycles. The molecule has 6 nitrogen and oxygen atoms in total. The summed E-state index contributed by atoms with van der Waals surface area (Å²) in [4.78, 5) is 12.8. The highest BCUT2D eigenvalue weighted by Gasteiger charge is 2.21. The molecule has 0 amide bonds. The third-order valence-corrected chi connectivity index (χ3v) is 6.10. The first-order valence-corrected chi connectivity index (χ1v) is 11.2. The van der Waals surface area contributed by atoms with Gasteiger partial charge in [0.15, 0.2) is 5.96 Å². The zero-order chi connectivity index (χ0) is 20.6. The van der Waals surface area contributed by atoms with Gasteiger partial charge in [-0.1, -0.05) is 44.2 Å². The van der Waals surface area contributed by atoms with Crippen LogP contribution in [0.3, 0.4) is 0 Å². The van der Waals surface area contributed by atoms with Crippen molar-refractivity contribution in [3.05, 3.63) is 40.9 Å². The van der Waals surface area contributed by atoms with Crippen LogP contribution < -0.4 is 10.6 Å². The number of aromatic nitrogens is 1. The number of thiazole rings is 1. The van der Waals surface area contributed by atoms with E-state index in [-0.39, 0.29) is 30.1 Å². The lowest BCUT2D eigenvalue weighted by Crippen LogP contribution is -2.50. The highest BCUT2D eigenvalue weighted by molar-refractivity contribution is 14.0. The number of hydrogen-bond acceptors (Lipinski definition) is 5. The second-order valence-electron chi connectivity index (χ2n) is 7.85. The molecule has 2 N–H and O–H groups in total. The summed E-state index contributed by atoms with van der Waals surface area (Å²) in [5.41, 5.74) is 2.23. The van der Waals surface area contributed by atoms with Crippen LogP contribution in [0.2, 0.25) is 0 Å². The summed E-state index contributed by atoms with van der Waals surface area (Å²) in [7, 11) is 1.80. The molecule has 3 rings (SSSR count). The van der Waals surface area contributed by atoms with Crippen LogP contribution >= 0.6 is 35.3 Å². The normalized spacial score (nSPS) is 17.6. The predicted molar refractivity (Wildman–Crippen MR) is 137 cm³/mol. The topological polar surface area (TPSA) is 61.8 Å². The van der Waals surface area contributed by atoms with E-state index in [4.69, 9.17) is 9.72 Å². The molecule has 2 heterocycles. The lowest BCUT2D eigenvalue weighted by atomic mass is 10.2. The Labute approximate surface area is 201 Å². The number of benzene rings is 1. The first kappa shape index (κ1) is 25.0. The summed E-state index contributed by atoms with van der Waals surface area (Å²) in [5.74, 6) is 1.48. The van der Waals surface area contributed by atoms with E-state index in [1.54, 1.807) is 18.4 Å². The van der Waals surface area contributed by atoms with Crippen molar-refractivity contribution < 1.29 is 4.74 Å². The van der Waals surface area contributed by atoms with Gasteiger partial charge in [0.25, 0.3) is 0 Å². The van der Waals surface area contributed by atoms with Crippen LogP contribution in [0.4, 0.5) is 0 Å². The van der Waals surface area contributed by atoms with Crippen molar-refractivity contribution >= 4 is 41.3 Å². The Kier molecular flexibility index (Phi) is 10.5. The zero-order valence-electron chi connectivity index (χ0n) is 18.4. The van der Waals surface area contributed by atoms with E-state index in [0.29, 0.717) is 12.5 Å². The number of ether oxygens (including phenoxy) is 1. The SMILES string of the molecule is CN=C(NCc1sc(-c2ccccc2)nc1C)NCC1CN(CC(C)C)CCO1.I. The summed E-state index contributed by atoms with van der Waals surface area (Å²) in [6, 6.07) is 10.3. The maximum Gasteiger partial charge on any atom is 0.191 e. The summed E-state index contributed by atoms with van der Waals surface area (Å²) < 4.78 is 5.92. The van der Waals surface area contributed by atoms with Crippen LogP contribution in [-0.2, 0) is 11.3 Å². The number of nitrogens with one attached hydrogen (secondary N) is 2. The van der Waals surface area contributed by atoms with Crippen LogP contribution in [0.5, 0.6) is 0 Å². The molecule has 0 saturated carbocycles. The Morgan fingerprint density at radius 2 is 2.07 bits per heavy atom. The van der Waals surface area contributed by atoms with E-state index in [2.05, 4.69) is 53.4 Å². The first-order chi connectivity index (χ1) is 14.0. The molecule has 1 saturated heterocycles. The highest BCUT2D eigenvalue weighted by atomic mass is 127. The summed E-state index contributed by atoms with van der Waals surface area (Å²) in [5, 5.41) is 7.89. The average Bonchev–Trinajstić information content (AvgIpc) is 3.09. The number of hydrogen-bond donors (Lipinski definition) is 2. The molecule has 1 aliphatic rings. The molecule has 8 heteroatoms. The number of rotatable bonds is 7. The minimum atomic E-state index is 0. The Balaban J connectivity index is 0.00000320. The maximum absolute atomic E-state index is 5.92. The zero-order valence-corrected chi connectivity index (χ0v) is 21.5. The Morgan fingerprint density at radius 1 is 1.30 bits per heavy atom. The third kappa shape index (κ3) is 7.47.